The molecule has 0 bridgehead atoms. The number of ether oxygens (including phenoxy) is 1. The van der Waals surface area contributed by atoms with Crippen molar-refractivity contribution in [1.82, 2.24) is 5.32 Å². The van der Waals surface area contributed by atoms with Gasteiger partial charge in [0.1, 0.15) is 0 Å². The Morgan fingerprint density at radius 2 is 2.00 bits per heavy atom. The second-order valence-electron chi connectivity index (χ2n) is 4.36. The summed E-state index contributed by atoms with van der Waals surface area (Å²) >= 11 is 0. The number of amides is 1. The molecule has 1 saturated carbocycles. The third kappa shape index (κ3) is 2.47. The fraction of sp³-hybridized carbons (Fsp3) is 0.909. The molecule has 1 atom stereocenters. The van der Waals surface area contributed by atoms with Gasteiger partial charge in [0.25, 0.3) is 0 Å². The number of nitrogens with one attached hydrogen (secondary N) is 1. The van der Waals surface area contributed by atoms with Crippen LogP contribution in [0.4, 0.5) is 0 Å². The average molecular weight is 197 g/mol. The van der Waals surface area contributed by atoms with Crippen LogP contribution in [0.3, 0.4) is 0 Å². The van der Waals surface area contributed by atoms with Crippen molar-refractivity contribution >= 4 is 5.91 Å². The van der Waals surface area contributed by atoms with E-state index in [1.807, 2.05) is 0 Å². The Labute approximate surface area is 85.2 Å². The fourth-order valence-electron chi connectivity index (χ4n) is 2.35. The van der Waals surface area contributed by atoms with Gasteiger partial charge >= 0.3 is 0 Å². The Morgan fingerprint density at radius 1 is 1.21 bits per heavy atom. The first kappa shape index (κ1) is 9.97. The number of rotatable bonds is 3. The maximum absolute atomic E-state index is 11.6. The molecule has 2 fully saturated rings. The molecule has 2 rings (SSSR count). The van der Waals surface area contributed by atoms with Gasteiger partial charge in [-0.25, -0.2) is 0 Å². The lowest BCUT2D eigenvalue weighted by Gasteiger charge is -2.13. The normalized spacial score (nSPS) is 28.1. The lowest BCUT2D eigenvalue weighted by atomic mass is 10.1. The molecule has 0 spiro atoms. The largest absolute Gasteiger partial charge is 0.376 e. The van der Waals surface area contributed by atoms with Crippen molar-refractivity contribution in [3.8, 4) is 0 Å². The van der Waals surface area contributed by atoms with Crippen LogP contribution in [0, 0.1) is 5.92 Å². The molecule has 0 aromatic carbocycles. The van der Waals surface area contributed by atoms with Gasteiger partial charge in [-0.15, -0.1) is 0 Å². The Balaban J connectivity index is 1.66. The van der Waals surface area contributed by atoms with Crippen LogP contribution in [0.2, 0.25) is 0 Å². The van der Waals surface area contributed by atoms with Crippen LogP contribution >= 0.6 is 0 Å². The second-order valence-corrected chi connectivity index (χ2v) is 4.36. The van der Waals surface area contributed by atoms with E-state index in [1.165, 1.54) is 12.8 Å². The summed E-state index contributed by atoms with van der Waals surface area (Å²) < 4.78 is 5.45. The van der Waals surface area contributed by atoms with Crippen molar-refractivity contribution in [3.63, 3.8) is 0 Å². The lowest BCUT2D eigenvalue weighted by Crippen LogP contribution is -2.35. The van der Waals surface area contributed by atoms with Gasteiger partial charge in [0.2, 0.25) is 5.91 Å². The molecule has 3 nitrogen and oxygen atoms in total. The summed E-state index contributed by atoms with van der Waals surface area (Å²) in [5, 5.41) is 3.00. The zero-order chi connectivity index (χ0) is 9.80. The summed E-state index contributed by atoms with van der Waals surface area (Å²) in [5.74, 6) is 0.536. The van der Waals surface area contributed by atoms with Crippen molar-refractivity contribution in [2.45, 2.75) is 44.6 Å². The third-order valence-corrected chi connectivity index (χ3v) is 3.25. The summed E-state index contributed by atoms with van der Waals surface area (Å²) in [6.45, 7) is 1.58. The highest BCUT2D eigenvalue weighted by molar-refractivity contribution is 5.78. The molecule has 14 heavy (non-hydrogen) atoms. The maximum atomic E-state index is 11.6. The van der Waals surface area contributed by atoms with Crippen LogP contribution < -0.4 is 5.32 Å². The predicted molar refractivity (Wildman–Crippen MR) is 53.9 cm³/mol. The van der Waals surface area contributed by atoms with Crippen molar-refractivity contribution in [2.75, 3.05) is 13.2 Å². The van der Waals surface area contributed by atoms with Gasteiger partial charge in [-0.2, -0.15) is 0 Å². The van der Waals surface area contributed by atoms with Crippen LogP contribution in [0.5, 0.6) is 0 Å². The Kier molecular flexibility index (Phi) is 3.40. The summed E-state index contributed by atoms with van der Waals surface area (Å²) in [5.41, 5.74) is 0. The van der Waals surface area contributed by atoms with Crippen molar-refractivity contribution in [2.24, 2.45) is 5.92 Å². The highest BCUT2D eigenvalue weighted by Crippen LogP contribution is 2.24. The van der Waals surface area contributed by atoms with E-state index >= 15 is 0 Å². The van der Waals surface area contributed by atoms with Gasteiger partial charge in [0.15, 0.2) is 0 Å². The van der Waals surface area contributed by atoms with Gasteiger partial charge in [-0.05, 0) is 25.7 Å². The predicted octanol–water partition coefficient (Wildman–Crippen LogP) is 1.47. The van der Waals surface area contributed by atoms with Crippen LogP contribution in [-0.4, -0.2) is 25.2 Å². The Morgan fingerprint density at radius 3 is 2.64 bits per heavy atom. The first-order chi connectivity index (χ1) is 6.86. The minimum Gasteiger partial charge on any atom is -0.376 e. The second kappa shape index (κ2) is 4.78. The van der Waals surface area contributed by atoms with Crippen molar-refractivity contribution in [3.05, 3.63) is 0 Å². The number of hydrogen-bond donors (Lipinski definition) is 1. The van der Waals surface area contributed by atoms with Crippen LogP contribution in [0.25, 0.3) is 0 Å². The molecule has 0 radical (unpaired) electrons. The molecular weight excluding hydrogens is 178 g/mol. The van der Waals surface area contributed by atoms with E-state index in [2.05, 4.69) is 5.32 Å². The van der Waals surface area contributed by atoms with E-state index in [0.717, 1.165) is 38.8 Å². The van der Waals surface area contributed by atoms with Crippen LogP contribution in [-0.2, 0) is 9.53 Å². The number of hydrogen-bond acceptors (Lipinski definition) is 2. The summed E-state index contributed by atoms with van der Waals surface area (Å²) in [6.07, 6.45) is 7.12. The van der Waals surface area contributed by atoms with E-state index in [-0.39, 0.29) is 17.9 Å². The SMILES string of the molecule is O=C(NCC1CCCO1)C1CCCC1. The zero-order valence-corrected chi connectivity index (χ0v) is 8.63. The summed E-state index contributed by atoms with van der Waals surface area (Å²) in [4.78, 5) is 11.6. The fourth-order valence-corrected chi connectivity index (χ4v) is 2.35. The molecule has 1 aliphatic carbocycles. The molecule has 0 aromatic heterocycles. The van der Waals surface area contributed by atoms with Gasteiger partial charge in [0.05, 0.1) is 6.10 Å². The molecule has 2 aliphatic rings. The van der Waals surface area contributed by atoms with E-state index in [0.29, 0.717) is 0 Å². The molecule has 1 aliphatic heterocycles. The minimum absolute atomic E-state index is 0.248. The quantitative estimate of drug-likeness (QED) is 0.744. The minimum atomic E-state index is 0.248. The van der Waals surface area contributed by atoms with E-state index < -0.39 is 0 Å². The topological polar surface area (TPSA) is 38.3 Å². The molecule has 3 heteroatoms. The van der Waals surface area contributed by atoms with E-state index in [4.69, 9.17) is 4.74 Å². The third-order valence-electron chi connectivity index (χ3n) is 3.25. The standard InChI is InChI=1S/C11H19NO2/c13-11(9-4-1-2-5-9)12-8-10-6-3-7-14-10/h9-10H,1-8H2,(H,12,13). The van der Waals surface area contributed by atoms with Crippen LogP contribution in [0.1, 0.15) is 38.5 Å². The highest BCUT2D eigenvalue weighted by Gasteiger charge is 2.23. The Bertz CT molecular complexity index is 193. The first-order valence-electron chi connectivity index (χ1n) is 5.75. The first-order valence-corrected chi connectivity index (χ1v) is 5.75. The van der Waals surface area contributed by atoms with Gasteiger partial charge < -0.3 is 10.1 Å². The van der Waals surface area contributed by atoms with Crippen molar-refractivity contribution < 1.29 is 9.53 Å². The number of carbonyl (C=O) groups excluding carboxylic acids is 1. The molecular formula is C11H19NO2. The van der Waals surface area contributed by atoms with Crippen LogP contribution in [0.15, 0.2) is 0 Å². The molecule has 80 valence electrons. The lowest BCUT2D eigenvalue weighted by molar-refractivity contribution is -0.125. The molecule has 1 heterocycles. The van der Waals surface area contributed by atoms with Gasteiger partial charge in [-0.3, -0.25) is 4.79 Å². The highest BCUT2D eigenvalue weighted by atomic mass is 16.5. The smallest absolute Gasteiger partial charge is 0.223 e. The summed E-state index contributed by atoms with van der Waals surface area (Å²) in [7, 11) is 0. The molecule has 1 saturated heterocycles. The number of carbonyl (C=O) groups is 1. The monoisotopic (exact) mass is 197 g/mol. The van der Waals surface area contributed by atoms with E-state index in [1.54, 1.807) is 0 Å². The molecule has 1 N–H and O–H groups in total. The molecule has 1 amide bonds. The Hall–Kier alpha value is -0.570. The zero-order valence-electron chi connectivity index (χ0n) is 8.63. The van der Waals surface area contributed by atoms with Gasteiger partial charge in [-0.1, -0.05) is 12.8 Å². The molecule has 0 aromatic rings. The average Bonchev–Trinajstić information content (AvgIpc) is 2.87. The summed E-state index contributed by atoms with van der Waals surface area (Å²) in [6, 6.07) is 0. The maximum Gasteiger partial charge on any atom is 0.223 e. The van der Waals surface area contributed by atoms with Crippen molar-refractivity contribution in [1.29, 1.82) is 0 Å². The molecule has 1 unspecified atom stereocenters. The van der Waals surface area contributed by atoms with E-state index in [9.17, 15) is 4.79 Å². The van der Waals surface area contributed by atoms with Gasteiger partial charge in [0, 0.05) is 19.1 Å².